The van der Waals surface area contributed by atoms with Crippen LogP contribution >= 0.6 is 11.8 Å². The Bertz CT molecular complexity index is 940. The molecule has 2 amide bonds. The minimum atomic E-state index is -0.113. The molecule has 0 bridgehead atoms. The molecule has 1 fully saturated rings. The molecule has 4 rings (SSSR count). The summed E-state index contributed by atoms with van der Waals surface area (Å²) in [5.41, 5.74) is 2.66. The molecule has 1 saturated heterocycles. The topological polar surface area (TPSA) is 62.6 Å². The molecule has 0 radical (unpaired) electrons. The first-order valence-electron chi connectivity index (χ1n) is 9.06. The molecule has 0 spiro atoms. The Balaban J connectivity index is 1.42. The van der Waals surface area contributed by atoms with Crippen LogP contribution in [0.1, 0.15) is 32.6 Å². The zero-order chi connectivity index (χ0) is 19.3. The Labute approximate surface area is 167 Å². The molecule has 1 aliphatic heterocycles. The van der Waals surface area contributed by atoms with E-state index >= 15 is 0 Å². The van der Waals surface area contributed by atoms with Crippen molar-refractivity contribution in [2.24, 2.45) is 0 Å². The third-order valence-electron chi connectivity index (χ3n) is 4.63. The van der Waals surface area contributed by atoms with E-state index in [2.05, 4.69) is 5.32 Å². The van der Waals surface area contributed by atoms with Crippen LogP contribution in [0.25, 0.3) is 0 Å². The quantitative estimate of drug-likeness (QED) is 0.689. The van der Waals surface area contributed by atoms with E-state index in [1.54, 1.807) is 18.0 Å². The van der Waals surface area contributed by atoms with Crippen molar-refractivity contribution in [1.29, 1.82) is 0 Å². The van der Waals surface area contributed by atoms with Crippen molar-refractivity contribution < 1.29 is 14.0 Å². The van der Waals surface area contributed by atoms with Crippen molar-refractivity contribution in [3.8, 4) is 0 Å². The number of nitrogens with zero attached hydrogens (tertiary/aromatic N) is 1. The standard InChI is InChI=1S/C22H20N2O3S/c25-20-15-28-22(24(20)14-19-7-4-12-27-19)18-10-8-17(9-11-18)21(26)23-13-16-5-2-1-3-6-16/h1-12,22H,13-15H2,(H,23,26). The third kappa shape index (κ3) is 4.12. The molecule has 0 saturated carbocycles. The molecule has 1 aromatic heterocycles. The highest BCUT2D eigenvalue weighted by Gasteiger charge is 2.33. The molecule has 0 aliphatic carbocycles. The second-order valence-electron chi connectivity index (χ2n) is 6.55. The first-order valence-corrected chi connectivity index (χ1v) is 10.1. The Hall–Kier alpha value is -2.99. The summed E-state index contributed by atoms with van der Waals surface area (Å²) in [7, 11) is 0. The highest BCUT2D eigenvalue weighted by Crippen LogP contribution is 2.39. The van der Waals surface area contributed by atoms with Crippen LogP contribution in [0.3, 0.4) is 0 Å². The van der Waals surface area contributed by atoms with Crippen LogP contribution in [0, 0.1) is 0 Å². The molecule has 1 atom stereocenters. The number of amides is 2. The van der Waals surface area contributed by atoms with Crippen molar-refractivity contribution >= 4 is 23.6 Å². The second kappa shape index (κ2) is 8.35. The molecule has 6 heteroatoms. The molecular weight excluding hydrogens is 372 g/mol. The lowest BCUT2D eigenvalue weighted by Crippen LogP contribution is -2.27. The van der Waals surface area contributed by atoms with Gasteiger partial charge in [-0.3, -0.25) is 9.59 Å². The lowest BCUT2D eigenvalue weighted by atomic mass is 10.1. The van der Waals surface area contributed by atoms with Crippen LogP contribution in [0.2, 0.25) is 0 Å². The fourth-order valence-corrected chi connectivity index (χ4v) is 4.34. The number of carbonyl (C=O) groups is 2. The molecule has 1 unspecified atom stereocenters. The SMILES string of the molecule is O=C(NCc1ccccc1)c1ccc(C2SCC(=O)N2Cc2ccco2)cc1. The summed E-state index contributed by atoms with van der Waals surface area (Å²) in [5, 5.41) is 2.86. The number of rotatable bonds is 6. The van der Waals surface area contributed by atoms with E-state index < -0.39 is 0 Å². The van der Waals surface area contributed by atoms with Gasteiger partial charge in [0.1, 0.15) is 11.1 Å². The summed E-state index contributed by atoms with van der Waals surface area (Å²) in [6.07, 6.45) is 1.61. The number of carbonyl (C=O) groups excluding carboxylic acids is 2. The van der Waals surface area contributed by atoms with Crippen LogP contribution < -0.4 is 5.32 Å². The van der Waals surface area contributed by atoms with Crippen LogP contribution in [0.4, 0.5) is 0 Å². The van der Waals surface area contributed by atoms with Gasteiger partial charge in [-0.25, -0.2) is 0 Å². The lowest BCUT2D eigenvalue weighted by Gasteiger charge is -2.23. The third-order valence-corrected chi connectivity index (χ3v) is 5.88. The molecule has 2 heterocycles. The highest BCUT2D eigenvalue weighted by atomic mass is 32.2. The second-order valence-corrected chi connectivity index (χ2v) is 7.62. The van der Waals surface area contributed by atoms with Gasteiger partial charge in [0.25, 0.3) is 5.91 Å². The number of nitrogens with one attached hydrogen (secondary N) is 1. The molecule has 142 valence electrons. The maximum atomic E-state index is 12.4. The van der Waals surface area contributed by atoms with Gasteiger partial charge in [0.15, 0.2) is 0 Å². The van der Waals surface area contributed by atoms with Gasteiger partial charge in [0, 0.05) is 12.1 Å². The Morgan fingerprint density at radius 3 is 2.57 bits per heavy atom. The lowest BCUT2D eigenvalue weighted by molar-refractivity contribution is -0.128. The van der Waals surface area contributed by atoms with Gasteiger partial charge in [0.2, 0.25) is 5.91 Å². The first kappa shape index (κ1) is 18.4. The van der Waals surface area contributed by atoms with E-state index in [0.29, 0.717) is 24.4 Å². The minimum Gasteiger partial charge on any atom is -0.467 e. The van der Waals surface area contributed by atoms with Gasteiger partial charge in [-0.2, -0.15) is 0 Å². The summed E-state index contributed by atoms with van der Waals surface area (Å²) < 4.78 is 5.39. The fraction of sp³-hybridized carbons (Fsp3) is 0.182. The Morgan fingerprint density at radius 1 is 1.07 bits per heavy atom. The zero-order valence-corrected chi connectivity index (χ0v) is 16.0. The summed E-state index contributed by atoms with van der Waals surface area (Å²) in [6.45, 7) is 0.939. The van der Waals surface area contributed by atoms with Gasteiger partial charge in [-0.1, -0.05) is 42.5 Å². The maximum Gasteiger partial charge on any atom is 0.251 e. The van der Waals surface area contributed by atoms with Crippen molar-refractivity contribution in [2.75, 3.05) is 5.75 Å². The molecule has 28 heavy (non-hydrogen) atoms. The number of furan rings is 1. The summed E-state index contributed by atoms with van der Waals surface area (Å²) in [5.74, 6) is 1.19. The predicted octanol–water partition coefficient (Wildman–Crippen LogP) is 3.98. The van der Waals surface area contributed by atoms with E-state index in [-0.39, 0.29) is 17.2 Å². The summed E-state index contributed by atoms with van der Waals surface area (Å²) in [6, 6.07) is 21.0. The van der Waals surface area contributed by atoms with Gasteiger partial charge < -0.3 is 14.6 Å². The summed E-state index contributed by atoms with van der Waals surface area (Å²) in [4.78, 5) is 26.5. The average Bonchev–Trinajstić information content (AvgIpc) is 3.38. The number of benzene rings is 2. The molecule has 1 N–H and O–H groups in total. The van der Waals surface area contributed by atoms with E-state index in [1.165, 1.54) is 0 Å². The first-order chi connectivity index (χ1) is 13.7. The predicted molar refractivity (Wildman–Crippen MR) is 109 cm³/mol. The largest absolute Gasteiger partial charge is 0.467 e. The normalized spacial score (nSPS) is 16.4. The number of thioether (sulfide) groups is 1. The molecular formula is C22H20N2O3S. The van der Waals surface area contributed by atoms with Gasteiger partial charge in [-0.05, 0) is 35.4 Å². The maximum absolute atomic E-state index is 12.4. The van der Waals surface area contributed by atoms with Crippen LogP contribution in [-0.4, -0.2) is 22.5 Å². The van der Waals surface area contributed by atoms with Crippen molar-refractivity contribution in [3.63, 3.8) is 0 Å². The molecule has 3 aromatic rings. The van der Waals surface area contributed by atoms with Crippen molar-refractivity contribution in [1.82, 2.24) is 10.2 Å². The molecule has 1 aliphatic rings. The molecule has 2 aromatic carbocycles. The van der Waals surface area contributed by atoms with Crippen molar-refractivity contribution in [3.05, 3.63) is 95.4 Å². The average molecular weight is 392 g/mol. The van der Waals surface area contributed by atoms with Crippen molar-refractivity contribution in [2.45, 2.75) is 18.5 Å². The monoisotopic (exact) mass is 392 g/mol. The zero-order valence-electron chi connectivity index (χ0n) is 15.2. The van der Waals surface area contributed by atoms with E-state index in [0.717, 1.165) is 16.9 Å². The van der Waals surface area contributed by atoms with Gasteiger partial charge in [-0.15, -0.1) is 11.8 Å². The Kier molecular flexibility index (Phi) is 5.48. The van der Waals surface area contributed by atoms with E-state index in [1.807, 2.05) is 71.6 Å². The number of hydrogen-bond acceptors (Lipinski definition) is 4. The van der Waals surface area contributed by atoms with Gasteiger partial charge >= 0.3 is 0 Å². The summed E-state index contributed by atoms with van der Waals surface area (Å²) >= 11 is 1.59. The molecule has 5 nitrogen and oxygen atoms in total. The van der Waals surface area contributed by atoms with Crippen LogP contribution in [0.15, 0.2) is 77.4 Å². The van der Waals surface area contributed by atoms with E-state index in [9.17, 15) is 9.59 Å². The van der Waals surface area contributed by atoms with Crippen LogP contribution in [0.5, 0.6) is 0 Å². The number of hydrogen-bond donors (Lipinski definition) is 1. The fourth-order valence-electron chi connectivity index (χ4n) is 3.15. The van der Waals surface area contributed by atoms with Crippen LogP contribution in [-0.2, 0) is 17.9 Å². The van der Waals surface area contributed by atoms with Gasteiger partial charge in [0.05, 0.1) is 18.6 Å². The highest BCUT2D eigenvalue weighted by molar-refractivity contribution is 8.00. The van der Waals surface area contributed by atoms with E-state index in [4.69, 9.17) is 4.42 Å². The Morgan fingerprint density at radius 2 is 1.86 bits per heavy atom. The smallest absolute Gasteiger partial charge is 0.251 e. The minimum absolute atomic E-state index is 0.0703.